The number of rotatable bonds is 1. The SMILES string of the molecule is [O]C(=O)NC(F)F. The van der Waals surface area contributed by atoms with Gasteiger partial charge < -0.3 is 0 Å². The average molecular weight is 110 g/mol. The third-order valence-corrected chi connectivity index (χ3v) is 0.227. The van der Waals surface area contributed by atoms with E-state index in [1.807, 2.05) is 0 Å². The Labute approximate surface area is 37.9 Å². The smallest absolute Gasteiger partial charge is 0.262 e. The molecule has 0 spiro atoms. The molecule has 0 atom stereocenters. The van der Waals surface area contributed by atoms with E-state index >= 15 is 0 Å². The van der Waals surface area contributed by atoms with Gasteiger partial charge in [-0.1, -0.05) is 0 Å². The van der Waals surface area contributed by atoms with Crippen LogP contribution in [0.2, 0.25) is 0 Å². The fourth-order valence-electron chi connectivity index (χ4n) is 0.0891. The zero-order valence-electron chi connectivity index (χ0n) is 3.15. The second kappa shape index (κ2) is 2.33. The summed E-state index contributed by atoms with van der Waals surface area (Å²) in [5.41, 5.74) is 0. The van der Waals surface area contributed by atoms with Crippen LogP contribution in [0.5, 0.6) is 0 Å². The maximum atomic E-state index is 10.8. The largest absolute Gasteiger partial charge is 0.454 e. The average Bonchev–Trinajstić information content (AvgIpc) is 1.27. The van der Waals surface area contributed by atoms with Crippen LogP contribution in [-0.2, 0) is 5.11 Å². The highest BCUT2D eigenvalue weighted by atomic mass is 19.3. The predicted molar refractivity (Wildman–Crippen MR) is 15.2 cm³/mol. The highest BCUT2D eigenvalue weighted by molar-refractivity contribution is 5.63. The molecule has 3 nitrogen and oxygen atoms in total. The van der Waals surface area contributed by atoms with Crippen LogP contribution < -0.4 is 5.32 Å². The number of hydrogen-bond donors (Lipinski definition) is 1. The van der Waals surface area contributed by atoms with Crippen LogP contribution in [0, 0.1) is 0 Å². The molecule has 0 saturated heterocycles. The molecule has 0 aromatic carbocycles. The number of amides is 1. The summed E-state index contributed by atoms with van der Waals surface area (Å²) in [4.78, 5) is 9.11. The van der Waals surface area contributed by atoms with Crippen molar-refractivity contribution in [3.8, 4) is 0 Å². The third-order valence-electron chi connectivity index (χ3n) is 0.227. The van der Waals surface area contributed by atoms with Gasteiger partial charge in [0.2, 0.25) is 0 Å². The summed E-state index contributed by atoms with van der Waals surface area (Å²) in [5.74, 6) is 0. The fourth-order valence-corrected chi connectivity index (χ4v) is 0.0891. The van der Waals surface area contributed by atoms with E-state index < -0.39 is 12.6 Å². The number of nitrogens with one attached hydrogen (secondary N) is 1. The lowest BCUT2D eigenvalue weighted by molar-refractivity contribution is 0.0891. The van der Waals surface area contributed by atoms with Crippen molar-refractivity contribution in [2.24, 2.45) is 0 Å². The Morgan fingerprint density at radius 2 is 2.00 bits per heavy atom. The molecule has 7 heavy (non-hydrogen) atoms. The molecule has 1 amide bonds. The number of halogens is 2. The molecule has 0 heterocycles. The van der Waals surface area contributed by atoms with Gasteiger partial charge >= 0.3 is 12.6 Å². The van der Waals surface area contributed by atoms with Crippen molar-refractivity contribution in [2.45, 2.75) is 6.55 Å². The van der Waals surface area contributed by atoms with Crippen LogP contribution in [-0.4, -0.2) is 12.6 Å². The molecule has 0 aliphatic rings. The number of alkyl halides is 2. The number of carbonyl (C=O) groups is 1. The van der Waals surface area contributed by atoms with E-state index in [9.17, 15) is 8.78 Å². The first-order chi connectivity index (χ1) is 3.13. The summed E-state index contributed by atoms with van der Waals surface area (Å²) in [6, 6.07) is 0. The molecule has 0 saturated carbocycles. The van der Waals surface area contributed by atoms with E-state index in [1.165, 1.54) is 0 Å². The first-order valence-electron chi connectivity index (χ1n) is 1.38. The number of carbonyl (C=O) groups excluding carboxylic acids is 1. The molecule has 1 radical (unpaired) electrons. The van der Waals surface area contributed by atoms with E-state index in [1.54, 1.807) is 0 Å². The van der Waals surface area contributed by atoms with Gasteiger partial charge in [0.05, 0.1) is 0 Å². The van der Waals surface area contributed by atoms with E-state index in [4.69, 9.17) is 9.90 Å². The molecular weight excluding hydrogens is 108 g/mol. The lowest BCUT2D eigenvalue weighted by Crippen LogP contribution is -2.24. The van der Waals surface area contributed by atoms with Crippen LogP contribution >= 0.6 is 0 Å². The maximum Gasteiger partial charge on any atom is 0.454 e. The predicted octanol–water partition coefficient (Wildman–Crippen LogP) is 0.349. The van der Waals surface area contributed by atoms with Gasteiger partial charge in [0.15, 0.2) is 0 Å². The van der Waals surface area contributed by atoms with Gasteiger partial charge in [-0.15, -0.1) is 0 Å². The van der Waals surface area contributed by atoms with Crippen molar-refractivity contribution in [3.05, 3.63) is 0 Å². The summed E-state index contributed by atoms with van der Waals surface area (Å²) < 4.78 is 21.5. The summed E-state index contributed by atoms with van der Waals surface area (Å²) in [6.45, 7) is -3.04. The lowest BCUT2D eigenvalue weighted by atomic mass is 11.1. The zero-order valence-corrected chi connectivity index (χ0v) is 3.15. The molecule has 0 aliphatic carbocycles. The van der Waals surface area contributed by atoms with Crippen LogP contribution in [0.4, 0.5) is 13.6 Å². The van der Waals surface area contributed by atoms with Crippen molar-refractivity contribution in [1.29, 1.82) is 0 Å². The second-order valence-electron chi connectivity index (χ2n) is 0.732. The quantitative estimate of drug-likeness (QED) is 0.486. The van der Waals surface area contributed by atoms with Gasteiger partial charge in [-0.3, -0.25) is 5.32 Å². The van der Waals surface area contributed by atoms with Crippen molar-refractivity contribution in [2.75, 3.05) is 0 Å². The maximum absolute atomic E-state index is 10.8. The Morgan fingerprint density at radius 1 is 1.57 bits per heavy atom. The van der Waals surface area contributed by atoms with E-state index in [2.05, 4.69) is 0 Å². The topological polar surface area (TPSA) is 49.0 Å². The molecule has 0 fully saturated rings. The fraction of sp³-hybridized carbons (Fsp3) is 0.500. The summed E-state index contributed by atoms with van der Waals surface area (Å²) in [6.07, 6.45) is -1.96. The molecule has 0 rings (SSSR count). The molecular formula is C2H2F2NO2. The van der Waals surface area contributed by atoms with Gasteiger partial charge in [-0.2, -0.15) is 8.78 Å². The molecule has 0 bridgehead atoms. The van der Waals surface area contributed by atoms with Gasteiger partial charge in [-0.05, 0) is 0 Å². The Bertz CT molecular complexity index is 74.1. The normalized spacial score (nSPS) is 9.00. The first-order valence-corrected chi connectivity index (χ1v) is 1.38. The molecule has 0 unspecified atom stereocenters. The Kier molecular flexibility index (Phi) is 2.04. The van der Waals surface area contributed by atoms with Crippen molar-refractivity contribution >= 4 is 6.09 Å². The van der Waals surface area contributed by atoms with E-state index in [0.717, 1.165) is 5.32 Å². The minimum absolute atomic E-state index is 0.778. The minimum atomic E-state index is -3.04. The lowest BCUT2D eigenvalue weighted by Gasteiger charge is -1.90. The Morgan fingerprint density at radius 3 is 2.00 bits per heavy atom. The highest BCUT2D eigenvalue weighted by Gasteiger charge is 2.04. The van der Waals surface area contributed by atoms with Crippen LogP contribution in [0.15, 0.2) is 0 Å². The minimum Gasteiger partial charge on any atom is -0.262 e. The third kappa shape index (κ3) is 5.13. The van der Waals surface area contributed by atoms with Gasteiger partial charge in [0, 0.05) is 0 Å². The van der Waals surface area contributed by atoms with Gasteiger partial charge in [0.25, 0.3) is 0 Å². The molecule has 0 aliphatic heterocycles. The van der Waals surface area contributed by atoms with Crippen LogP contribution in [0.25, 0.3) is 0 Å². The summed E-state index contributed by atoms with van der Waals surface area (Å²) in [7, 11) is 0. The number of hydrogen-bond acceptors (Lipinski definition) is 1. The Balaban J connectivity index is 3.13. The first kappa shape index (κ1) is 6.13. The standard InChI is InChI=1S/C2H2F2NO2/c3-1(4)5-2(6)7/h1,5H. The van der Waals surface area contributed by atoms with Crippen molar-refractivity contribution < 1.29 is 18.7 Å². The molecule has 5 heteroatoms. The van der Waals surface area contributed by atoms with Crippen molar-refractivity contribution in [3.63, 3.8) is 0 Å². The van der Waals surface area contributed by atoms with E-state index in [-0.39, 0.29) is 0 Å². The molecule has 0 aromatic heterocycles. The van der Waals surface area contributed by atoms with Gasteiger partial charge in [-0.25, -0.2) is 9.90 Å². The summed E-state index contributed by atoms with van der Waals surface area (Å²) >= 11 is 0. The molecule has 41 valence electrons. The summed E-state index contributed by atoms with van der Waals surface area (Å²) in [5, 5.41) is 9.89. The van der Waals surface area contributed by atoms with Crippen LogP contribution in [0.3, 0.4) is 0 Å². The van der Waals surface area contributed by atoms with Crippen LogP contribution in [0.1, 0.15) is 0 Å². The molecule has 0 aromatic rings. The highest BCUT2D eigenvalue weighted by Crippen LogP contribution is 1.82. The van der Waals surface area contributed by atoms with Crippen molar-refractivity contribution in [1.82, 2.24) is 5.32 Å². The van der Waals surface area contributed by atoms with E-state index in [0.29, 0.717) is 0 Å². The Hall–Kier alpha value is -0.870. The van der Waals surface area contributed by atoms with Gasteiger partial charge in [0.1, 0.15) is 0 Å². The zero-order chi connectivity index (χ0) is 5.86. The second-order valence-corrected chi connectivity index (χ2v) is 0.732. The monoisotopic (exact) mass is 110 g/mol. The molecule has 1 N–H and O–H groups in total.